The van der Waals surface area contributed by atoms with Crippen molar-refractivity contribution in [2.45, 2.75) is 26.8 Å². The number of carbonyl (C=O) groups is 1. The van der Waals surface area contributed by atoms with Crippen LogP contribution in [0.1, 0.15) is 30.0 Å². The standard InChI is InChI=1S/C15H20N4O2/c1-9(8-20)10(2)16-15(21)13-6-4-12(5-7-13)14-17-11(3)18-19-14/h4-7,9-10,20H,8H2,1-3H3,(H,16,21)(H,17,18,19). The minimum atomic E-state index is -0.152. The van der Waals surface area contributed by atoms with Crippen LogP contribution in [0.5, 0.6) is 0 Å². The zero-order valence-electron chi connectivity index (χ0n) is 12.4. The first-order valence-electron chi connectivity index (χ1n) is 6.92. The maximum absolute atomic E-state index is 12.1. The summed E-state index contributed by atoms with van der Waals surface area (Å²) < 4.78 is 0. The molecular weight excluding hydrogens is 268 g/mol. The predicted octanol–water partition coefficient (Wildman–Crippen LogP) is 1.53. The lowest BCUT2D eigenvalue weighted by Crippen LogP contribution is -2.38. The van der Waals surface area contributed by atoms with Gasteiger partial charge in [-0.1, -0.05) is 19.1 Å². The number of benzene rings is 1. The van der Waals surface area contributed by atoms with Gasteiger partial charge in [-0.05, 0) is 31.9 Å². The molecule has 1 aromatic heterocycles. The van der Waals surface area contributed by atoms with Crippen LogP contribution in [-0.2, 0) is 0 Å². The van der Waals surface area contributed by atoms with Crippen molar-refractivity contribution >= 4 is 5.91 Å². The number of aliphatic hydroxyl groups excluding tert-OH is 1. The highest BCUT2D eigenvalue weighted by molar-refractivity contribution is 5.94. The highest BCUT2D eigenvalue weighted by Crippen LogP contribution is 2.15. The molecule has 0 aliphatic rings. The second-order valence-corrected chi connectivity index (χ2v) is 5.24. The Kier molecular flexibility index (Phi) is 4.70. The molecule has 0 aliphatic heterocycles. The summed E-state index contributed by atoms with van der Waals surface area (Å²) in [6, 6.07) is 7.03. The third-order valence-corrected chi connectivity index (χ3v) is 3.50. The van der Waals surface area contributed by atoms with Crippen molar-refractivity contribution in [3.8, 4) is 11.4 Å². The number of hydrogen-bond acceptors (Lipinski definition) is 4. The zero-order chi connectivity index (χ0) is 15.4. The van der Waals surface area contributed by atoms with Gasteiger partial charge in [0.1, 0.15) is 5.82 Å². The number of nitrogens with zero attached hydrogens (tertiary/aromatic N) is 2. The Morgan fingerprint density at radius 2 is 2.00 bits per heavy atom. The van der Waals surface area contributed by atoms with Gasteiger partial charge in [0, 0.05) is 23.8 Å². The van der Waals surface area contributed by atoms with Crippen LogP contribution >= 0.6 is 0 Å². The van der Waals surface area contributed by atoms with E-state index in [0.29, 0.717) is 11.4 Å². The van der Waals surface area contributed by atoms with Crippen LogP contribution in [0.25, 0.3) is 11.4 Å². The lowest BCUT2D eigenvalue weighted by Gasteiger charge is -2.19. The van der Waals surface area contributed by atoms with Crippen LogP contribution in [0.15, 0.2) is 24.3 Å². The van der Waals surface area contributed by atoms with E-state index in [1.54, 1.807) is 12.1 Å². The SMILES string of the molecule is Cc1nc(-c2ccc(C(=O)NC(C)C(C)CO)cc2)n[nH]1. The molecule has 0 fully saturated rings. The molecule has 3 N–H and O–H groups in total. The van der Waals surface area contributed by atoms with Crippen LogP contribution < -0.4 is 5.32 Å². The average Bonchev–Trinajstić information content (AvgIpc) is 2.93. The highest BCUT2D eigenvalue weighted by Gasteiger charge is 2.15. The van der Waals surface area contributed by atoms with E-state index in [9.17, 15) is 4.79 Å². The topological polar surface area (TPSA) is 90.9 Å². The first-order chi connectivity index (χ1) is 10.0. The molecule has 1 aromatic carbocycles. The van der Waals surface area contributed by atoms with Gasteiger partial charge >= 0.3 is 0 Å². The van der Waals surface area contributed by atoms with Crippen molar-refractivity contribution in [2.24, 2.45) is 5.92 Å². The van der Waals surface area contributed by atoms with E-state index in [1.165, 1.54) is 0 Å². The summed E-state index contributed by atoms with van der Waals surface area (Å²) in [4.78, 5) is 16.3. The van der Waals surface area contributed by atoms with Gasteiger partial charge in [-0.3, -0.25) is 9.89 Å². The van der Waals surface area contributed by atoms with Crippen molar-refractivity contribution < 1.29 is 9.90 Å². The van der Waals surface area contributed by atoms with Gasteiger partial charge in [0.25, 0.3) is 5.91 Å². The summed E-state index contributed by atoms with van der Waals surface area (Å²) in [6.45, 7) is 5.65. The smallest absolute Gasteiger partial charge is 0.251 e. The van der Waals surface area contributed by atoms with Crippen LogP contribution in [0.4, 0.5) is 0 Å². The van der Waals surface area contributed by atoms with Crippen LogP contribution in [0.3, 0.4) is 0 Å². The second kappa shape index (κ2) is 6.49. The molecule has 0 saturated heterocycles. The van der Waals surface area contributed by atoms with Crippen molar-refractivity contribution in [3.63, 3.8) is 0 Å². The largest absolute Gasteiger partial charge is 0.396 e. The normalized spacial score (nSPS) is 13.7. The summed E-state index contributed by atoms with van der Waals surface area (Å²) in [5.74, 6) is 1.23. The van der Waals surface area contributed by atoms with Gasteiger partial charge in [0.15, 0.2) is 5.82 Å². The third kappa shape index (κ3) is 3.66. The lowest BCUT2D eigenvalue weighted by atomic mass is 10.0. The summed E-state index contributed by atoms with van der Waals surface area (Å²) >= 11 is 0. The van der Waals surface area contributed by atoms with Gasteiger partial charge in [0.05, 0.1) is 0 Å². The number of aliphatic hydroxyl groups is 1. The first-order valence-corrected chi connectivity index (χ1v) is 6.92. The molecule has 0 bridgehead atoms. The maximum atomic E-state index is 12.1. The third-order valence-electron chi connectivity index (χ3n) is 3.50. The summed E-state index contributed by atoms with van der Waals surface area (Å²) in [5, 5.41) is 18.8. The molecule has 6 nitrogen and oxygen atoms in total. The van der Waals surface area contributed by atoms with Crippen molar-refractivity contribution in [1.29, 1.82) is 0 Å². The Morgan fingerprint density at radius 1 is 1.33 bits per heavy atom. The number of aromatic nitrogens is 3. The molecule has 2 atom stereocenters. The number of aryl methyl sites for hydroxylation is 1. The molecular formula is C15H20N4O2. The van der Waals surface area contributed by atoms with E-state index < -0.39 is 0 Å². The molecule has 2 rings (SSSR count). The molecule has 0 radical (unpaired) electrons. The number of H-pyrrole nitrogens is 1. The number of carbonyl (C=O) groups excluding carboxylic acids is 1. The molecule has 21 heavy (non-hydrogen) atoms. The van der Waals surface area contributed by atoms with Crippen molar-refractivity contribution in [3.05, 3.63) is 35.7 Å². The molecule has 1 heterocycles. The molecule has 0 aliphatic carbocycles. The molecule has 6 heteroatoms. The second-order valence-electron chi connectivity index (χ2n) is 5.24. The highest BCUT2D eigenvalue weighted by atomic mass is 16.3. The number of amides is 1. The van der Waals surface area contributed by atoms with Gasteiger partial charge in [-0.25, -0.2) is 4.98 Å². The zero-order valence-corrected chi connectivity index (χ0v) is 12.4. The van der Waals surface area contributed by atoms with E-state index in [-0.39, 0.29) is 24.5 Å². The average molecular weight is 288 g/mol. The van der Waals surface area contributed by atoms with E-state index in [1.807, 2.05) is 32.9 Å². The minimum Gasteiger partial charge on any atom is -0.396 e. The summed E-state index contributed by atoms with van der Waals surface area (Å²) in [7, 11) is 0. The van der Waals surface area contributed by atoms with Crippen LogP contribution in [0.2, 0.25) is 0 Å². The van der Waals surface area contributed by atoms with Crippen LogP contribution in [0, 0.1) is 12.8 Å². The molecule has 2 aromatic rings. The van der Waals surface area contributed by atoms with Crippen molar-refractivity contribution in [1.82, 2.24) is 20.5 Å². The number of aromatic amines is 1. The summed E-state index contributed by atoms with van der Waals surface area (Å²) in [6.07, 6.45) is 0. The number of rotatable bonds is 5. The monoisotopic (exact) mass is 288 g/mol. The van der Waals surface area contributed by atoms with Crippen molar-refractivity contribution in [2.75, 3.05) is 6.61 Å². The Morgan fingerprint density at radius 3 is 2.52 bits per heavy atom. The Hall–Kier alpha value is -2.21. The molecule has 0 saturated carbocycles. The fourth-order valence-corrected chi connectivity index (χ4v) is 1.83. The predicted molar refractivity (Wildman–Crippen MR) is 79.7 cm³/mol. The van der Waals surface area contributed by atoms with Gasteiger partial charge < -0.3 is 10.4 Å². The Bertz CT molecular complexity index is 606. The van der Waals surface area contributed by atoms with Gasteiger partial charge in [-0.15, -0.1) is 0 Å². The van der Waals surface area contributed by atoms with Gasteiger partial charge in [-0.2, -0.15) is 5.10 Å². The maximum Gasteiger partial charge on any atom is 0.251 e. The Labute approximate surface area is 123 Å². The molecule has 1 amide bonds. The quantitative estimate of drug-likeness (QED) is 0.778. The van der Waals surface area contributed by atoms with E-state index in [2.05, 4.69) is 20.5 Å². The molecule has 112 valence electrons. The minimum absolute atomic E-state index is 0.0180. The fourth-order valence-electron chi connectivity index (χ4n) is 1.83. The fraction of sp³-hybridized carbons (Fsp3) is 0.400. The van der Waals surface area contributed by atoms with Gasteiger partial charge in [0.2, 0.25) is 0 Å². The van der Waals surface area contributed by atoms with E-state index >= 15 is 0 Å². The number of nitrogens with one attached hydrogen (secondary N) is 2. The molecule has 0 spiro atoms. The first kappa shape index (κ1) is 15.2. The van der Waals surface area contributed by atoms with E-state index in [4.69, 9.17) is 5.11 Å². The molecule has 2 unspecified atom stereocenters. The summed E-state index contributed by atoms with van der Waals surface area (Å²) in [5.41, 5.74) is 1.43. The Balaban J connectivity index is 2.06. The van der Waals surface area contributed by atoms with E-state index in [0.717, 1.165) is 11.4 Å². The van der Waals surface area contributed by atoms with Crippen LogP contribution in [-0.4, -0.2) is 38.8 Å². The number of hydrogen-bond donors (Lipinski definition) is 3. The lowest BCUT2D eigenvalue weighted by molar-refractivity contribution is 0.0916.